The molecule has 26 heavy (non-hydrogen) atoms. The lowest BCUT2D eigenvalue weighted by molar-refractivity contribution is 0.285. The summed E-state index contributed by atoms with van der Waals surface area (Å²) in [4.78, 5) is 0. The first-order valence-electron chi connectivity index (χ1n) is 8.40. The zero-order valence-electron chi connectivity index (χ0n) is 14.3. The average Bonchev–Trinajstić information content (AvgIpc) is 2.72. The van der Waals surface area contributed by atoms with Crippen molar-refractivity contribution < 1.29 is 9.47 Å². The molecule has 0 radical (unpaired) electrons. The van der Waals surface area contributed by atoms with Crippen LogP contribution in [-0.2, 0) is 25.0 Å². The van der Waals surface area contributed by atoms with Gasteiger partial charge in [-0.25, -0.2) is 0 Å². The minimum absolute atomic E-state index is 0.491. The van der Waals surface area contributed by atoms with E-state index in [1.807, 2.05) is 60.7 Å². The first-order valence-corrected chi connectivity index (χ1v) is 9.47. The minimum Gasteiger partial charge on any atom is -0.489 e. The standard InChI is InChI=1S/C22H20Cl2O2/c23-13-17-5-9-21(10-6-17)25-15-19-3-1-2-4-20(19)16-26-22-11-7-18(14-24)8-12-22/h1-12H,13-16H2. The smallest absolute Gasteiger partial charge is 0.119 e. The van der Waals surface area contributed by atoms with Crippen molar-refractivity contribution >= 4 is 23.2 Å². The van der Waals surface area contributed by atoms with Crippen molar-refractivity contribution in [3.8, 4) is 11.5 Å². The Morgan fingerprint density at radius 3 is 1.27 bits per heavy atom. The van der Waals surface area contributed by atoms with Crippen molar-refractivity contribution in [3.63, 3.8) is 0 Å². The van der Waals surface area contributed by atoms with Gasteiger partial charge >= 0.3 is 0 Å². The second-order valence-electron chi connectivity index (χ2n) is 5.90. The summed E-state index contributed by atoms with van der Waals surface area (Å²) in [5.74, 6) is 2.66. The predicted molar refractivity (Wildman–Crippen MR) is 107 cm³/mol. The maximum absolute atomic E-state index is 5.90. The summed E-state index contributed by atoms with van der Waals surface area (Å²) in [7, 11) is 0. The molecule has 0 aliphatic rings. The largest absolute Gasteiger partial charge is 0.489 e. The number of hydrogen-bond donors (Lipinski definition) is 0. The van der Waals surface area contributed by atoms with Gasteiger partial charge in [0, 0.05) is 11.8 Å². The zero-order chi connectivity index (χ0) is 18.2. The monoisotopic (exact) mass is 386 g/mol. The first-order chi connectivity index (χ1) is 12.8. The molecule has 0 bridgehead atoms. The molecule has 0 heterocycles. The number of benzene rings is 3. The second kappa shape index (κ2) is 9.51. The van der Waals surface area contributed by atoms with Crippen molar-refractivity contribution in [2.45, 2.75) is 25.0 Å². The van der Waals surface area contributed by atoms with E-state index in [1.54, 1.807) is 0 Å². The molecule has 0 unspecified atom stereocenters. The molecule has 0 amide bonds. The molecule has 0 aliphatic heterocycles. The molecule has 0 N–H and O–H groups in total. The van der Waals surface area contributed by atoms with Crippen LogP contribution >= 0.6 is 23.2 Å². The van der Waals surface area contributed by atoms with Crippen LogP contribution in [0.2, 0.25) is 0 Å². The molecule has 4 heteroatoms. The van der Waals surface area contributed by atoms with Gasteiger partial charge in [-0.05, 0) is 46.5 Å². The van der Waals surface area contributed by atoms with Crippen LogP contribution in [0.5, 0.6) is 11.5 Å². The lowest BCUT2D eigenvalue weighted by Gasteiger charge is -2.13. The molecule has 0 fully saturated rings. The second-order valence-corrected chi connectivity index (χ2v) is 6.44. The number of hydrogen-bond acceptors (Lipinski definition) is 2. The Bertz CT molecular complexity index is 744. The fraction of sp³-hybridized carbons (Fsp3) is 0.182. The Morgan fingerprint density at radius 2 is 0.923 bits per heavy atom. The SMILES string of the molecule is ClCc1ccc(OCc2ccccc2COc2ccc(CCl)cc2)cc1. The Kier molecular flexibility index (Phi) is 6.82. The van der Waals surface area contributed by atoms with Crippen LogP contribution in [0.4, 0.5) is 0 Å². The lowest BCUT2D eigenvalue weighted by Crippen LogP contribution is -2.03. The summed E-state index contributed by atoms with van der Waals surface area (Å²) in [6.07, 6.45) is 0. The molecule has 2 nitrogen and oxygen atoms in total. The number of ether oxygens (including phenoxy) is 2. The van der Waals surface area contributed by atoms with Gasteiger partial charge in [-0.3, -0.25) is 0 Å². The third kappa shape index (κ3) is 5.17. The summed E-state index contributed by atoms with van der Waals surface area (Å²) >= 11 is 11.6. The first kappa shape index (κ1) is 18.6. The van der Waals surface area contributed by atoms with Gasteiger partial charge in [0.2, 0.25) is 0 Å². The van der Waals surface area contributed by atoms with Gasteiger partial charge in [-0.2, -0.15) is 0 Å². The van der Waals surface area contributed by atoms with E-state index in [1.165, 1.54) is 0 Å². The molecule has 3 rings (SSSR count). The van der Waals surface area contributed by atoms with E-state index in [4.69, 9.17) is 32.7 Å². The molecule has 0 saturated heterocycles. The maximum atomic E-state index is 5.90. The molecule has 3 aromatic carbocycles. The molecule has 134 valence electrons. The fourth-order valence-electron chi connectivity index (χ4n) is 2.51. The van der Waals surface area contributed by atoms with Crippen molar-refractivity contribution in [1.29, 1.82) is 0 Å². The summed E-state index contributed by atoms with van der Waals surface area (Å²) in [5, 5.41) is 0. The molecule has 0 spiro atoms. The van der Waals surface area contributed by atoms with Crippen LogP contribution < -0.4 is 9.47 Å². The van der Waals surface area contributed by atoms with E-state index >= 15 is 0 Å². The molecule has 0 atom stereocenters. The highest BCUT2D eigenvalue weighted by Crippen LogP contribution is 2.19. The molecule has 0 aliphatic carbocycles. The number of rotatable bonds is 8. The van der Waals surface area contributed by atoms with Gasteiger partial charge in [0.05, 0.1) is 0 Å². The molecule has 0 saturated carbocycles. The third-order valence-electron chi connectivity index (χ3n) is 4.06. The van der Waals surface area contributed by atoms with Crippen molar-refractivity contribution in [2.75, 3.05) is 0 Å². The van der Waals surface area contributed by atoms with Crippen LogP contribution in [0.15, 0.2) is 72.8 Å². The lowest BCUT2D eigenvalue weighted by atomic mass is 10.1. The van der Waals surface area contributed by atoms with E-state index in [2.05, 4.69) is 12.1 Å². The highest BCUT2D eigenvalue weighted by atomic mass is 35.5. The average molecular weight is 387 g/mol. The van der Waals surface area contributed by atoms with Crippen molar-refractivity contribution in [2.24, 2.45) is 0 Å². The van der Waals surface area contributed by atoms with Crippen LogP contribution in [-0.4, -0.2) is 0 Å². The van der Waals surface area contributed by atoms with Crippen molar-refractivity contribution in [3.05, 3.63) is 95.1 Å². The van der Waals surface area contributed by atoms with Gasteiger partial charge in [0.15, 0.2) is 0 Å². The minimum atomic E-state index is 0.491. The molecule has 3 aromatic rings. The highest BCUT2D eigenvalue weighted by Gasteiger charge is 2.05. The normalized spacial score (nSPS) is 10.5. The van der Waals surface area contributed by atoms with E-state index in [-0.39, 0.29) is 0 Å². The van der Waals surface area contributed by atoms with Gasteiger partial charge in [-0.15, -0.1) is 23.2 Å². The van der Waals surface area contributed by atoms with E-state index in [0.717, 1.165) is 33.8 Å². The van der Waals surface area contributed by atoms with E-state index in [9.17, 15) is 0 Å². The molecule has 0 aromatic heterocycles. The van der Waals surface area contributed by atoms with Gasteiger partial charge < -0.3 is 9.47 Å². The Hall–Kier alpha value is -2.16. The van der Waals surface area contributed by atoms with Crippen LogP contribution in [0, 0.1) is 0 Å². The van der Waals surface area contributed by atoms with Crippen LogP contribution in [0.1, 0.15) is 22.3 Å². The number of halogens is 2. The Balaban J connectivity index is 1.61. The summed E-state index contributed by atoms with van der Waals surface area (Å²) in [6.45, 7) is 0.982. The van der Waals surface area contributed by atoms with Crippen LogP contribution in [0.3, 0.4) is 0 Å². The molecular formula is C22H20Cl2O2. The van der Waals surface area contributed by atoms with Crippen molar-refractivity contribution in [1.82, 2.24) is 0 Å². The highest BCUT2D eigenvalue weighted by molar-refractivity contribution is 6.17. The summed E-state index contributed by atoms with van der Waals surface area (Å²) in [6, 6.07) is 23.8. The maximum Gasteiger partial charge on any atom is 0.119 e. The Labute approximate surface area is 164 Å². The van der Waals surface area contributed by atoms with Gasteiger partial charge in [0.25, 0.3) is 0 Å². The third-order valence-corrected chi connectivity index (χ3v) is 4.68. The van der Waals surface area contributed by atoms with Gasteiger partial charge in [-0.1, -0.05) is 48.5 Å². The molecular weight excluding hydrogens is 367 g/mol. The topological polar surface area (TPSA) is 18.5 Å². The fourth-order valence-corrected chi connectivity index (χ4v) is 2.87. The van der Waals surface area contributed by atoms with Crippen LogP contribution in [0.25, 0.3) is 0 Å². The predicted octanol–water partition coefficient (Wildman–Crippen LogP) is 6.32. The zero-order valence-corrected chi connectivity index (χ0v) is 15.8. The summed E-state index contributed by atoms with van der Waals surface area (Å²) in [5.41, 5.74) is 4.36. The van der Waals surface area contributed by atoms with E-state index < -0.39 is 0 Å². The quantitative estimate of drug-likeness (QED) is 0.421. The summed E-state index contributed by atoms with van der Waals surface area (Å²) < 4.78 is 11.8. The van der Waals surface area contributed by atoms with E-state index in [0.29, 0.717) is 25.0 Å². The Morgan fingerprint density at radius 1 is 0.538 bits per heavy atom. The van der Waals surface area contributed by atoms with Gasteiger partial charge in [0.1, 0.15) is 24.7 Å². The number of alkyl halides is 2.